The smallest absolute Gasteiger partial charge is 0.191 e. The summed E-state index contributed by atoms with van der Waals surface area (Å²) in [6.07, 6.45) is 4.69. The van der Waals surface area contributed by atoms with Gasteiger partial charge in [-0.2, -0.15) is 11.8 Å². The quantitative estimate of drug-likeness (QED) is 0.596. The summed E-state index contributed by atoms with van der Waals surface area (Å²) < 4.78 is 5.47. The Kier molecular flexibility index (Phi) is 6.84. The van der Waals surface area contributed by atoms with E-state index in [0.29, 0.717) is 0 Å². The molecule has 1 aromatic heterocycles. The molecule has 1 heterocycles. The van der Waals surface area contributed by atoms with Crippen LogP contribution in [0.1, 0.15) is 26.5 Å². The second kappa shape index (κ2) is 8.15. The van der Waals surface area contributed by atoms with Crippen molar-refractivity contribution in [3.05, 3.63) is 24.2 Å². The van der Waals surface area contributed by atoms with E-state index in [4.69, 9.17) is 4.42 Å². The van der Waals surface area contributed by atoms with Gasteiger partial charge >= 0.3 is 0 Å². The summed E-state index contributed by atoms with van der Waals surface area (Å²) in [5.41, 5.74) is 0. The number of aliphatic imine (C=N–C) groups is 1. The van der Waals surface area contributed by atoms with Crippen molar-refractivity contribution in [2.75, 3.05) is 25.9 Å². The molecular weight excluding hydrogens is 258 g/mol. The fraction of sp³-hybridized carbons (Fsp3) is 0.643. The first-order valence-electron chi connectivity index (χ1n) is 6.67. The molecule has 5 heteroatoms. The second-order valence-corrected chi connectivity index (χ2v) is 6.43. The molecule has 1 aromatic rings. The second-order valence-electron chi connectivity index (χ2n) is 4.92. The molecule has 0 saturated carbocycles. The Balaban J connectivity index is 2.41. The zero-order chi connectivity index (χ0) is 14.1. The van der Waals surface area contributed by atoms with Crippen LogP contribution in [0.2, 0.25) is 0 Å². The fourth-order valence-corrected chi connectivity index (χ4v) is 1.63. The van der Waals surface area contributed by atoms with Gasteiger partial charge in [0.05, 0.1) is 12.8 Å². The van der Waals surface area contributed by atoms with Crippen LogP contribution < -0.4 is 10.6 Å². The summed E-state index contributed by atoms with van der Waals surface area (Å²) in [6, 6.07) is 3.90. The minimum absolute atomic E-state index is 0.170. The van der Waals surface area contributed by atoms with E-state index in [2.05, 4.69) is 42.7 Å². The Labute approximate surface area is 120 Å². The van der Waals surface area contributed by atoms with Gasteiger partial charge in [-0.15, -0.1) is 0 Å². The third-order valence-electron chi connectivity index (χ3n) is 2.76. The number of hydrogen-bond donors (Lipinski definition) is 2. The summed E-state index contributed by atoms with van der Waals surface area (Å²) in [6.45, 7) is 8.96. The molecule has 1 rings (SSSR count). The minimum atomic E-state index is 0.170. The maximum absolute atomic E-state index is 5.30. The average Bonchev–Trinajstić information content (AvgIpc) is 2.89. The van der Waals surface area contributed by atoms with Crippen molar-refractivity contribution >= 4 is 17.7 Å². The van der Waals surface area contributed by atoms with E-state index in [9.17, 15) is 0 Å². The first kappa shape index (κ1) is 16.0. The summed E-state index contributed by atoms with van der Waals surface area (Å²) in [4.78, 5) is 4.62. The van der Waals surface area contributed by atoms with E-state index < -0.39 is 0 Å². The van der Waals surface area contributed by atoms with Crippen molar-refractivity contribution in [3.63, 3.8) is 0 Å². The lowest BCUT2D eigenvalue weighted by Crippen LogP contribution is -2.39. The van der Waals surface area contributed by atoms with Crippen LogP contribution in [0.4, 0.5) is 0 Å². The number of guanidine groups is 1. The minimum Gasteiger partial charge on any atom is -0.469 e. The van der Waals surface area contributed by atoms with Crippen LogP contribution in [-0.4, -0.2) is 36.6 Å². The van der Waals surface area contributed by atoms with Crippen LogP contribution in [0, 0.1) is 0 Å². The van der Waals surface area contributed by atoms with Gasteiger partial charge < -0.3 is 15.1 Å². The highest BCUT2D eigenvalue weighted by Gasteiger charge is 2.15. The largest absolute Gasteiger partial charge is 0.469 e. The Bertz CT molecular complexity index is 374. The summed E-state index contributed by atoms with van der Waals surface area (Å²) in [5.74, 6) is 1.86. The summed E-state index contributed by atoms with van der Waals surface area (Å²) >= 11 is 1.83. The van der Waals surface area contributed by atoms with Gasteiger partial charge in [-0.05, 0) is 39.2 Å². The highest BCUT2D eigenvalue weighted by molar-refractivity contribution is 7.99. The zero-order valence-electron chi connectivity index (χ0n) is 12.3. The molecule has 0 spiro atoms. The van der Waals surface area contributed by atoms with Crippen molar-refractivity contribution in [3.8, 4) is 0 Å². The topological polar surface area (TPSA) is 49.6 Å². The molecule has 108 valence electrons. The SMILES string of the molecule is CCNC(=NCC(C)(C)SC)NCCc1ccco1. The van der Waals surface area contributed by atoms with Crippen molar-refractivity contribution in [2.45, 2.75) is 31.9 Å². The molecule has 4 nitrogen and oxygen atoms in total. The Morgan fingerprint density at radius 1 is 1.42 bits per heavy atom. The van der Waals surface area contributed by atoms with Crippen LogP contribution in [-0.2, 0) is 6.42 Å². The molecule has 0 saturated heterocycles. The van der Waals surface area contributed by atoms with Crippen LogP contribution in [0.25, 0.3) is 0 Å². The molecule has 0 unspecified atom stereocenters. The van der Waals surface area contributed by atoms with E-state index >= 15 is 0 Å². The molecule has 19 heavy (non-hydrogen) atoms. The molecule has 0 fully saturated rings. The van der Waals surface area contributed by atoms with Gasteiger partial charge in [0.2, 0.25) is 0 Å². The van der Waals surface area contributed by atoms with Crippen LogP contribution in [0.15, 0.2) is 27.8 Å². The lowest BCUT2D eigenvalue weighted by molar-refractivity contribution is 0.506. The van der Waals surface area contributed by atoms with E-state index in [1.54, 1.807) is 6.26 Å². The Morgan fingerprint density at radius 3 is 2.79 bits per heavy atom. The zero-order valence-corrected chi connectivity index (χ0v) is 13.1. The molecule has 0 aliphatic rings. The normalized spacial score (nSPS) is 12.5. The summed E-state index contributed by atoms with van der Waals surface area (Å²) in [7, 11) is 0. The number of nitrogens with zero attached hydrogens (tertiary/aromatic N) is 1. The van der Waals surface area contributed by atoms with Crippen molar-refractivity contribution in [1.82, 2.24) is 10.6 Å². The van der Waals surface area contributed by atoms with Crippen LogP contribution in [0.3, 0.4) is 0 Å². The third-order valence-corrected chi connectivity index (χ3v) is 3.99. The molecule has 2 N–H and O–H groups in total. The lowest BCUT2D eigenvalue weighted by atomic mass is 10.2. The first-order chi connectivity index (χ1) is 9.07. The Hall–Kier alpha value is -1.10. The highest BCUT2D eigenvalue weighted by atomic mass is 32.2. The molecule has 0 amide bonds. The molecule has 0 bridgehead atoms. The maximum Gasteiger partial charge on any atom is 0.191 e. The van der Waals surface area contributed by atoms with E-state index in [0.717, 1.165) is 37.8 Å². The molecule has 0 aromatic carbocycles. The van der Waals surface area contributed by atoms with Crippen molar-refractivity contribution < 1.29 is 4.42 Å². The molecular formula is C14H25N3OS. The van der Waals surface area contributed by atoms with Gasteiger partial charge in [0, 0.05) is 24.3 Å². The number of hydrogen-bond acceptors (Lipinski definition) is 3. The van der Waals surface area contributed by atoms with Gasteiger partial charge in [-0.1, -0.05) is 0 Å². The van der Waals surface area contributed by atoms with Gasteiger partial charge in [-0.3, -0.25) is 4.99 Å². The number of furan rings is 1. The summed E-state index contributed by atoms with van der Waals surface area (Å²) in [5, 5.41) is 6.58. The predicted molar refractivity (Wildman–Crippen MR) is 84.0 cm³/mol. The van der Waals surface area contributed by atoms with E-state index in [1.807, 2.05) is 23.9 Å². The molecule has 0 aliphatic heterocycles. The average molecular weight is 283 g/mol. The van der Waals surface area contributed by atoms with Crippen LogP contribution >= 0.6 is 11.8 Å². The standard InChI is InChI=1S/C14H25N3OS/c1-5-15-13(17-11-14(2,3)19-4)16-9-8-12-7-6-10-18-12/h6-7,10H,5,8-9,11H2,1-4H3,(H2,15,16,17). The van der Waals surface area contributed by atoms with E-state index in [1.165, 1.54) is 0 Å². The van der Waals surface area contributed by atoms with E-state index in [-0.39, 0.29) is 4.75 Å². The van der Waals surface area contributed by atoms with Gasteiger partial charge in [0.1, 0.15) is 5.76 Å². The van der Waals surface area contributed by atoms with Crippen LogP contribution in [0.5, 0.6) is 0 Å². The molecule has 0 atom stereocenters. The number of thioether (sulfide) groups is 1. The van der Waals surface area contributed by atoms with Crippen molar-refractivity contribution in [1.29, 1.82) is 0 Å². The fourth-order valence-electron chi connectivity index (χ4n) is 1.43. The Morgan fingerprint density at radius 2 is 2.21 bits per heavy atom. The number of rotatable bonds is 7. The monoisotopic (exact) mass is 283 g/mol. The number of nitrogens with one attached hydrogen (secondary N) is 2. The predicted octanol–water partition coefficient (Wildman–Crippen LogP) is 2.52. The van der Waals surface area contributed by atoms with Gasteiger partial charge in [0.15, 0.2) is 5.96 Å². The first-order valence-corrected chi connectivity index (χ1v) is 7.89. The van der Waals surface area contributed by atoms with Gasteiger partial charge in [0.25, 0.3) is 0 Å². The van der Waals surface area contributed by atoms with Gasteiger partial charge in [-0.25, -0.2) is 0 Å². The lowest BCUT2D eigenvalue weighted by Gasteiger charge is -2.20. The highest BCUT2D eigenvalue weighted by Crippen LogP contribution is 2.20. The van der Waals surface area contributed by atoms with Crippen molar-refractivity contribution in [2.24, 2.45) is 4.99 Å². The molecule has 0 radical (unpaired) electrons. The molecule has 0 aliphatic carbocycles. The third kappa shape index (κ3) is 6.57. The maximum atomic E-state index is 5.30.